The van der Waals surface area contributed by atoms with Gasteiger partial charge in [-0.3, -0.25) is 13.9 Å². The first kappa shape index (κ1) is 28.9. The van der Waals surface area contributed by atoms with Crippen LogP contribution in [0.2, 0.25) is 0 Å². The molecule has 0 aromatic carbocycles. The van der Waals surface area contributed by atoms with E-state index in [1.165, 1.54) is 21.8 Å². The molecule has 4 aromatic rings. The minimum absolute atomic E-state index is 0.0428. The van der Waals surface area contributed by atoms with E-state index in [4.69, 9.17) is 29.1 Å². The number of hydrogen-bond acceptors (Lipinski definition) is 14. The zero-order valence-corrected chi connectivity index (χ0v) is 23.1. The Balaban J connectivity index is 1.22. The Morgan fingerprint density at radius 2 is 1.93 bits per heavy atom. The van der Waals surface area contributed by atoms with Crippen LogP contribution in [0.1, 0.15) is 18.9 Å². The van der Waals surface area contributed by atoms with E-state index in [1.807, 2.05) is 0 Å². The number of anilines is 1. The van der Waals surface area contributed by atoms with Crippen molar-refractivity contribution in [3.8, 4) is 0 Å². The molecule has 0 spiro atoms. The summed E-state index contributed by atoms with van der Waals surface area (Å²) < 4.78 is 49.3. The largest absolute Gasteiger partial charge is 0.694 e. The number of ether oxygens (including phenoxy) is 2. The molecule has 2 aliphatic heterocycles. The van der Waals surface area contributed by atoms with E-state index in [9.17, 15) is 29.0 Å². The summed E-state index contributed by atoms with van der Waals surface area (Å²) in [5.41, 5.74) is 4.41. The number of aromatic amines is 1. The van der Waals surface area contributed by atoms with Gasteiger partial charge in [-0.1, -0.05) is 0 Å². The van der Waals surface area contributed by atoms with Gasteiger partial charge in [-0.15, -0.1) is 9.42 Å². The first-order chi connectivity index (χ1) is 20.0. The Morgan fingerprint density at radius 1 is 1.12 bits per heavy atom. The Morgan fingerprint density at radius 3 is 2.71 bits per heavy atom. The summed E-state index contributed by atoms with van der Waals surface area (Å²) in [4.78, 5) is 50.8. The minimum Gasteiger partial charge on any atom is -0.387 e. The lowest BCUT2D eigenvalue weighted by Gasteiger charge is -2.25. The van der Waals surface area contributed by atoms with Gasteiger partial charge in [-0.05, 0) is 12.5 Å². The first-order valence-electron chi connectivity index (χ1n) is 12.5. The molecule has 2 saturated heterocycles. The molecule has 2 aliphatic rings. The van der Waals surface area contributed by atoms with Crippen molar-refractivity contribution >= 4 is 43.9 Å². The van der Waals surface area contributed by atoms with Crippen molar-refractivity contribution in [2.24, 2.45) is 0 Å². The van der Waals surface area contributed by atoms with Crippen molar-refractivity contribution in [2.75, 3.05) is 18.9 Å². The van der Waals surface area contributed by atoms with E-state index in [0.29, 0.717) is 11.0 Å². The quantitative estimate of drug-likeness (QED) is 0.125. The Labute approximate surface area is 235 Å². The average Bonchev–Trinajstić information content (AvgIpc) is 3.73. The molecular formula is C21H25N8O11P2+. The van der Waals surface area contributed by atoms with Crippen LogP contribution in [0.25, 0.3) is 22.2 Å². The van der Waals surface area contributed by atoms with Gasteiger partial charge in [0.25, 0.3) is 5.56 Å². The van der Waals surface area contributed by atoms with Crippen molar-refractivity contribution in [1.29, 1.82) is 0 Å². The number of fused-ring (bicyclic) bond motifs is 2. The van der Waals surface area contributed by atoms with Gasteiger partial charge in [-0.25, -0.2) is 19.9 Å². The molecule has 19 nitrogen and oxygen atoms in total. The molecule has 4 unspecified atom stereocenters. The Kier molecular flexibility index (Phi) is 7.65. The number of nitrogen functional groups attached to an aromatic ring is 1. The molecule has 2 fully saturated rings. The predicted octanol–water partition coefficient (Wildman–Crippen LogP) is -0.710. The van der Waals surface area contributed by atoms with E-state index in [-0.39, 0.29) is 30.0 Å². The zero-order chi connectivity index (χ0) is 29.8. The third kappa shape index (κ3) is 5.13. The van der Waals surface area contributed by atoms with Gasteiger partial charge in [0, 0.05) is 10.8 Å². The SMILES string of the molecule is Nc1ncnc2c1ccn2[C@@H]1OC(COP(=O)(O)[C@@H]2CC(CO[P+](=O)O)O[C@H]2n2cnc3c(=O)[nH]cnc32)[C@@H](O)[C@H]1O. The van der Waals surface area contributed by atoms with Gasteiger partial charge in [0.15, 0.2) is 23.6 Å². The predicted molar refractivity (Wildman–Crippen MR) is 140 cm³/mol. The van der Waals surface area contributed by atoms with E-state index < -0.39 is 70.5 Å². The lowest BCUT2D eigenvalue weighted by molar-refractivity contribution is -0.0492. The molecule has 21 heteroatoms. The molecule has 0 amide bonds. The number of nitrogens with two attached hydrogens (primary N) is 1. The highest BCUT2D eigenvalue weighted by atomic mass is 31.2. The Hall–Kier alpha value is -3.22. The minimum atomic E-state index is -4.63. The smallest absolute Gasteiger partial charge is 0.387 e. The van der Waals surface area contributed by atoms with Crippen molar-refractivity contribution in [3.63, 3.8) is 0 Å². The van der Waals surface area contributed by atoms with Gasteiger partial charge >= 0.3 is 15.9 Å². The number of aliphatic hydroxyl groups is 2. The number of imidazole rings is 1. The number of aromatic nitrogens is 7. The van der Waals surface area contributed by atoms with Crippen LogP contribution in [0.4, 0.5) is 5.82 Å². The van der Waals surface area contributed by atoms with Crippen LogP contribution in [0, 0.1) is 0 Å². The van der Waals surface area contributed by atoms with Gasteiger partial charge in [0.1, 0.15) is 48.4 Å². The molecule has 0 radical (unpaired) electrons. The lowest BCUT2D eigenvalue weighted by atomic mass is 10.1. The number of H-pyrrole nitrogens is 1. The number of nitrogens with one attached hydrogen (secondary N) is 1. The summed E-state index contributed by atoms with van der Waals surface area (Å²) in [5, 5.41) is 21.9. The van der Waals surface area contributed by atoms with Crippen molar-refractivity contribution in [3.05, 3.63) is 41.6 Å². The molecule has 0 aliphatic carbocycles. The fourth-order valence-electron chi connectivity index (χ4n) is 5.15. The number of aliphatic hydroxyl groups excluding tert-OH is 2. The molecule has 224 valence electrons. The van der Waals surface area contributed by atoms with Crippen LogP contribution in [0.5, 0.6) is 0 Å². The molecule has 42 heavy (non-hydrogen) atoms. The summed E-state index contributed by atoms with van der Waals surface area (Å²) >= 11 is 0. The summed E-state index contributed by atoms with van der Waals surface area (Å²) in [7, 11) is -7.59. The molecule has 9 atom stereocenters. The highest BCUT2D eigenvalue weighted by molar-refractivity contribution is 7.53. The topological polar surface area (TPSA) is 272 Å². The van der Waals surface area contributed by atoms with Crippen molar-refractivity contribution in [1.82, 2.24) is 34.1 Å². The second-order valence-corrected chi connectivity index (χ2v) is 12.4. The van der Waals surface area contributed by atoms with Crippen LogP contribution in [-0.4, -0.2) is 97.3 Å². The van der Waals surface area contributed by atoms with Crippen LogP contribution in [0.15, 0.2) is 36.0 Å². The molecule has 7 N–H and O–H groups in total. The van der Waals surface area contributed by atoms with Gasteiger partial charge < -0.3 is 44.4 Å². The number of nitrogens with zero attached hydrogens (tertiary/aromatic N) is 6. The van der Waals surface area contributed by atoms with Gasteiger partial charge in [-0.2, -0.15) is 0 Å². The van der Waals surface area contributed by atoms with Crippen LogP contribution in [-0.2, 0) is 27.7 Å². The van der Waals surface area contributed by atoms with Crippen molar-refractivity contribution < 1.29 is 47.7 Å². The third-order valence-corrected chi connectivity index (χ3v) is 9.36. The fraction of sp³-hybridized carbons (Fsp3) is 0.476. The van der Waals surface area contributed by atoms with Crippen LogP contribution in [0.3, 0.4) is 0 Å². The monoisotopic (exact) mass is 627 g/mol. The van der Waals surface area contributed by atoms with Crippen molar-refractivity contribution in [2.45, 2.75) is 49.0 Å². The van der Waals surface area contributed by atoms with E-state index in [0.717, 1.165) is 6.33 Å². The van der Waals surface area contributed by atoms with Gasteiger partial charge in [0.05, 0.1) is 30.8 Å². The zero-order valence-electron chi connectivity index (χ0n) is 21.4. The maximum atomic E-state index is 13.6. The van der Waals surface area contributed by atoms with E-state index in [2.05, 4.69) is 24.9 Å². The lowest BCUT2D eigenvalue weighted by Crippen LogP contribution is -2.34. The maximum Gasteiger partial charge on any atom is 0.694 e. The summed E-state index contributed by atoms with van der Waals surface area (Å²) in [6, 6.07) is 1.62. The highest BCUT2D eigenvalue weighted by Crippen LogP contribution is 2.57. The second kappa shape index (κ2) is 11.1. The molecule has 0 saturated carbocycles. The molecule has 6 rings (SSSR count). The Bertz CT molecular complexity index is 1750. The highest BCUT2D eigenvalue weighted by Gasteiger charge is 2.51. The second-order valence-electron chi connectivity index (χ2n) is 9.67. The van der Waals surface area contributed by atoms with Crippen LogP contribution >= 0.6 is 15.9 Å². The summed E-state index contributed by atoms with van der Waals surface area (Å²) in [5.74, 6) is 0.210. The first-order valence-corrected chi connectivity index (χ1v) is 15.2. The molecular weight excluding hydrogens is 602 g/mol. The molecule has 0 bridgehead atoms. The maximum absolute atomic E-state index is 13.6. The number of hydrogen-bond donors (Lipinski definition) is 6. The standard InChI is InChI=1S/C21H24N8O11P2/c22-16-10-1-2-28(17(10)24-6-23-16)21-15(31)14(30)11(40-21)5-38-42(35,36)12-3-9(4-37-41(33)34)39-20(12)29-8-27-13-18(29)25-7-26-19(13)32/h1-2,6-9,11-12,14-15,20-21,30-31H,3-5H2,(H4-,22,23,24,25,26,32,33,34,35,36)/p+1/t9?,11?,12-,14-,15-,20-,21-/m1/s1. The summed E-state index contributed by atoms with van der Waals surface area (Å²) in [6.07, 6.45) is -2.47. The average molecular weight is 627 g/mol. The molecule has 6 heterocycles. The molecule has 4 aromatic heterocycles. The summed E-state index contributed by atoms with van der Waals surface area (Å²) in [6.45, 7) is -0.981. The normalized spacial score (nSPS) is 29.8. The third-order valence-electron chi connectivity index (χ3n) is 7.17. The van der Waals surface area contributed by atoms with E-state index in [1.54, 1.807) is 12.3 Å². The van der Waals surface area contributed by atoms with Gasteiger partial charge in [0.2, 0.25) is 0 Å². The van der Waals surface area contributed by atoms with Crippen LogP contribution < -0.4 is 11.3 Å². The van der Waals surface area contributed by atoms with E-state index >= 15 is 0 Å². The fourth-order valence-corrected chi connectivity index (χ4v) is 7.03. The number of rotatable bonds is 9.